The van der Waals surface area contributed by atoms with Crippen LogP contribution in [0.25, 0.3) is 6.08 Å². The molecule has 0 saturated carbocycles. The fraction of sp³-hybridized carbons (Fsp3) is 0.273. The van der Waals surface area contributed by atoms with Crippen molar-refractivity contribution >= 4 is 6.08 Å². The van der Waals surface area contributed by atoms with Crippen LogP contribution in [0.2, 0.25) is 0 Å². The molecule has 1 rings (SSSR count). The van der Waals surface area contributed by atoms with Crippen LogP contribution in [-0.4, -0.2) is 20.8 Å². The third kappa shape index (κ3) is 3.30. The lowest BCUT2D eigenvalue weighted by Gasteiger charge is -1.99. The molecule has 0 atom stereocenters. The Morgan fingerprint density at radius 2 is 2.15 bits per heavy atom. The summed E-state index contributed by atoms with van der Waals surface area (Å²) < 4.78 is 10.00. The molecule has 0 aromatic heterocycles. The lowest BCUT2D eigenvalue weighted by atomic mass is 10.2. The minimum absolute atomic E-state index is 0.636. The van der Waals surface area contributed by atoms with E-state index < -0.39 is 0 Å². The number of rotatable bonds is 4. The van der Waals surface area contributed by atoms with E-state index in [-0.39, 0.29) is 0 Å². The smallest absolute Gasteiger partial charge is 0.119 e. The van der Waals surface area contributed by atoms with Gasteiger partial charge in [0.1, 0.15) is 5.75 Å². The van der Waals surface area contributed by atoms with Gasteiger partial charge in [-0.1, -0.05) is 24.3 Å². The lowest BCUT2D eigenvalue weighted by molar-refractivity contribution is 0.234. The van der Waals surface area contributed by atoms with Crippen LogP contribution in [0, 0.1) is 0 Å². The second kappa shape index (κ2) is 5.38. The first kappa shape index (κ1) is 9.81. The number of benzene rings is 1. The van der Waals surface area contributed by atoms with Crippen molar-refractivity contribution in [2.75, 3.05) is 20.8 Å². The van der Waals surface area contributed by atoms with Gasteiger partial charge >= 0.3 is 0 Å². The van der Waals surface area contributed by atoms with Gasteiger partial charge in [0.05, 0.1) is 13.7 Å². The molecule has 0 fully saturated rings. The van der Waals surface area contributed by atoms with Crippen molar-refractivity contribution in [1.29, 1.82) is 0 Å². The van der Waals surface area contributed by atoms with Crippen molar-refractivity contribution in [1.82, 2.24) is 0 Å². The molecule has 13 heavy (non-hydrogen) atoms. The second-order valence-corrected chi connectivity index (χ2v) is 2.63. The second-order valence-electron chi connectivity index (χ2n) is 2.63. The van der Waals surface area contributed by atoms with Crippen LogP contribution in [0.1, 0.15) is 5.56 Å². The van der Waals surface area contributed by atoms with Gasteiger partial charge in [-0.3, -0.25) is 0 Å². The van der Waals surface area contributed by atoms with Crippen LogP contribution in [0.5, 0.6) is 5.75 Å². The molecule has 2 nitrogen and oxygen atoms in total. The minimum atomic E-state index is 0.636. The summed E-state index contributed by atoms with van der Waals surface area (Å²) in [7, 11) is 3.34. The number of methoxy groups -OCH3 is 2. The number of ether oxygens (including phenoxy) is 2. The molecule has 70 valence electrons. The molecular formula is C11H14O2. The molecule has 0 unspecified atom stereocenters. The molecule has 1 aromatic rings. The Morgan fingerprint density at radius 1 is 1.31 bits per heavy atom. The van der Waals surface area contributed by atoms with E-state index in [4.69, 9.17) is 9.47 Å². The summed E-state index contributed by atoms with van der Waals surface area (Å²) in [5, 5.41) is 0. The zero-order chi connectivity index (χ0) is 9.52. The quantitative estimate of drug-likeness (QED) is 0.704. The largest absolute Gasteiger partial charge is 0.497 e. The third-order valence-electron chi connectivity index (χ3n) is 1.67. The van der Waals surface area contributed by atoms with Gasteiger partial charge in [-0.15, -0.1) is 0 Å². The highest BCUT2D eigenvalue weighted by atomic mass is 16.5. The number of hydrogen-bond donors (Lipinski definition) is 0. The molecule has 2 heteroatoms. The standard InChI is InChI=1S/C11H14O2/c1-12-8-4-6-10-5-3-7-11(9-10)13-2/h3-7,9H,8H2,1-2H3/b6-4+. The summed E-state index contributed by atoms with van der Waals surface area (Å²) >= 11 is 0. The molecule has 0 aliphatic carbocycles. The molecule has 0 amide bonds. The van der Waals surface area contributed by atoms with E-state index in [1.54, 1.807) is 14.2 Å². The molecule has 0 radical (unpaired) electrons. The van der Waals surface area contributed by atoms with Crippen molar-refractivity contribution in [3.63, 3.8) is 0 Å². The van der Waals surface area contributed by atoms with E-state index >= 15 is 0 Å². The number of hydrogen-bond acceptors (Lipinski definition) is 2. The molecule has 0 N–H and O–H groups in total. The first-order valence-electron chi connectivity index (χ1n) is 4.16. The van der Waals surface area contributed by atoms with Crippen LogP contribution in [0.4, 0.5) is 0 Å². The van der Waals surface area contributed by atoms with Crippen molar-refractivity contribution in [2.24, 2.45) is 0 Å². The Hall–Kier alpha value is -1.28. The zero-order valence-corrected chi connectivity index (χ0v) is 7.99. The normalized spacial score (nSPS) is 10.6. The summed E-state index contributed by atoms with van der Waals surface area (Å²) in [6, 6.07) is 7.89. The molecule has 0 aliphatic heterocycles. The SMILES string of the molecule is COC/C=C/c1cccc(OC)c1. The Morgan fingerprint density at radius 3 is 2.85 bits per heavy atom. The van der Waals surface area contributed by atoms with Crippen LogP contribution in [-0.2, 0) is 4.74 Å². The highest BCUT2D eigenvalue weighted by molar-refractivity contribution is 5.51. The van der Waals surface area contributed by atoms with Gasteiger partial charge in [0.15, 0.2) is 0 Å². The average molecular weight is 178 g/mol. The highest BCUT2D eigenvalue weighted by Gasteiger charge is 1.90. The van der Waals surface area contributed by atoms with Crippen molar-refractivity contribution < 1.29 is 9.47 Å². The van der Waals surface area contributed by atoms with E-state index in [2.05, 4.69) is 0 Å². The zero-order valence-electron chi connectivity index (χ0n) is 7.99. The first-order valence-corrected chi connectivity index (χ1v) is 4.16. The van der Waals surface area contributed by atoms with E-state index in [0.29, 0.717) is 6.61 Å². The fourth-order valence-corrected chi connectivity index (χ4v) is 1.03. The van der Waals surface area contributed by atoms with Gasteiger partial charge in [-0.05, 0) is 17.7 Å². The maximum atomic E-state index is 5.10. The molecule has 1 aromatic carbocycles. The molecule has 0 heterocycles. The Balaban J connectivity index is 2.66. The van der Waals surface area contributed by atoms with Crippen LogP contribution in [0.3, 0.4) is 0 Å². The van der Waals surface area contributed by atoms with Gasteiger partial charge in [-0.2, -0.15) is 0 Å². The Kier molecular flexibility index (Phi) is 4.06. The minimum Gasteiger partial charge on any atom is -0.497 e. The van der Waals surface area contributed by atoms with Crippen LogP contribution >= 0.6 is 0 Å². The predicted octanol–water partition coefficient (Wildman–Crippen LogP) is 2.35. The molecule has 0 aliphatic rings. The van der Waals surface area contributed by atoms with E-state index in [1.165, 1.54) is 0 Å². The molecule has 0 spiro atoms. The van der Waals surface area contributed by atoms with Crippen LogP contribution < -0.4 is 4.74 Å². The molecular weight excluding hydrogens is 164 g/mol. The summed E-state index contributed by atoms with van der Waals surface area (Å²) in [6.45, 7) is 0.636. The topological polar surface area (TPSA) is 18.5 Å². The fourth-order valence-electron chi connectivity index (χ4n) is 1.03. The van der Waals surface area contributed by atoms with Crippen LogP contribution in [0.15, 0.2) is 30.3 Å². The van der Waals surface area contributed by atoms with E-state index in [0.717, 1.165) is 11.3 Å². The van der Waals surface area contributed by atoms with Crippen molar-refractivity contribution in [2.45, 2.75) is 0 Å². The lowest BCUT2D eigenvalue weighted by Crippen LogP contribution is -1.83. The van der Waals surface area contributed by atoms with Gasteiger partial charge in [-0.25, -0.2) is 0 Å². The predicted molar refractivity (Wildman–Crippen MR) is 53.9 cm³/mol. The first-order chi connectivity index (χ1) is 6.36. The van der Waals surface area contributed by atoms with E-state index in [9.17, 15) is 0 Å². The van der Waals surface area contributed by atoms with Crippen molar-refractivity contribution in [3.8, 4) is 5.75 Å². The van der Waals surface area contributed by atoms with Gasteiger partial charge in [0, 0.05) is 7.11 Å². The maximum Gasteiger partial charge on any atom is 0.119 e. The summed E-state index contributed by atoms with van der Waals surface area (Å²) in [6.07, 6.45) is 3.97. The van der Waals surface area contributed by atoms with Gasteiger partial charge in [0.2, 0.25) is 0 Å². The summed E-state index contributed by atoms with van der Waals surface area (Å²) in [4.78, 5) is 0. The average Bonchev–Trinajstić information content (AvgIpc) is 2.19. The molecule has 0 bridgehead atoms. The van der Waals surface area contributed by atoms with Crippen molar-refractivity contribution in [3.05, 3.63) is 35.9 Å². The summed E-state index contributed by atoms with van der Waals surface area (Å²) in [5.41, 5.74) is 1.12. The highest BCUT2D eigenvalue weighted by Crippen LogP contribution is 2.13. The van der Waals surface area contributed by atoms with Gasteiger partial charge in [0.25, 0.3) is 0 Å². The molecule has 0 saturated heterocycles. The van der Waals surface area contributed by atoms with E-state index in [1.807, 2.05) is 36.4 Å². The Bertz CT molecular complexity index is 279. The monoisotopic (exact) mass is 178 g/mol. The van der Waals surface area contributed by atoms with Gasteiger partial charge < -0.3 is 9.47 Å². The third-order valence-corrected chi connectivity index (χ3v) is 1.67. The maximum absolute atomic E-state index is 5.10. The Labute approximate surface area is 78.8 Å². The summed E-state index contributed by atoms with van der Waals surface area (Å²) in [5.74, 6) is 0.875.